The number of aromatic amines is 1. The van der Waals surface area contributed by atoms with E-state index in [0.717, 1.165) is 36.6 Å². The molecule has 1 aliphatic carbocycles. The van der Waals surface area contributed by atoms with Crippen LogP contribution in [0.25, 0.3) is 10.9 Å². The molecule has 2 aromatic rings. The molecule has 3 rings (SSSR count). The normalized spacial score (nSPS) is 18.0. The molecule has 1 heterocycles. The lowest BCUT2D eigenvalue weighted by Crippen LogP contribution is -2.55. The number of rotatable bonds is 5. The molecule has 1 saturated carbocycles. The number of hydrogen-bond donors (Lipinski definition) is 3. The van der Waals surface area contributed by atoms with Gasteiger partial charge in [0.2, 0.25) is 5.91 Å². The number of nitrogens with one attached hydrogen (secondary N) is 2. The third-order valence-corrected chi connectivity index (χ3v) is 5.44. The largest absolute Gasteiger partial charge is 0.394 e. The van der Waals surface area contributed by atoms with Crippen LogP contribution in [0.3, 0.4) is 0 Å². The van der Waals surface area contributed by atoms with E-state index in [1.165, 1.54) is 6.42 Å². The fraction of sp³-hybridized carbons (Fsp3) is 0.500. The van der Waals surface area contributed by atoms with Gasteiger partial charge in [0.05, 0.1) is 18.6 Å². The molecule has 0 saturated heterocycles. The highest BCUT2D eigenvalue weighted by Gasteiger charge is 2.35. The molecule has 5 heteroatoms. The van der Waals surface area contributed by atoms with Crippen LogP contribution in [0.1, 0.15) is 44.6 Å². The van der Waals surface area contributed by atoms with Gasteiger partial charge in [-0.25, -0.2) is 0 Å². The van der Waals surface area contributed by atoms with Crippen molar-refractivity contribution >= 4 is 16.8 Å². The lowest BCUT2D eigenvalue weighted by atomic mass is 9.76. The van der Waals surface area contributed by atoms with Crippen LogP contribution >= 0.6 is 0 Å². The minimum absolute atomic E-state index is 0.0163. The van der Waals surface area contributed by atoms with Crippen molar-refractivity contribution in [3.8, 4) is 0 Å². The number of fused-ring (bicyclic) bond motifs is 1. The Morgan fingerprint density at radius 3 is 2.72 bits per heavy atom. The Hall–Kier alpha value is -2.14. The zero-order valence-corrected chi connectivity index (χ0v) is 14.7. The van der Waals surface area contributed by atoms with Crippen molar-refractivity contribution in [2.75, 3.05) is 6.61 Å². The Balaban J connectivity index is 1.75. The zero-order valence-electron chi connectivity index (χ0n) is 14.7. The minimum Gasteiger partial charge on any atom is -0.394 e. The van der Waals surface area contributed by atoms with Gasteiger partial charge in [-0.3, -0.25) is 9.59 Å². The van der Waals surface area contributed by atoms with Crippen molar-refractivity contribution in [3.05, 3.63) is 46.2 Å². The summed E-state index contributed by atoms with van der Waals surface area (Å²) in [6, 6.07) is 9.28. The van der Waals surface area contributed by atoms with Crippen LogP contribution in [0.4, 0.5) is 0 Å². The summed E-state index contributed by atoms with van der Waals surface area (Å²) in [6.07, 6.45) is 5.56. The number of aliphatic hydroxyl groups excluding tert-OH is 1. The number of para-hydroxylation sites is 1. The second kappa shape index (κ2) is 7.40. The van der Waals surface area contributed by atoms with Crippen molar-refractivity contribution in [1.82, 2.24) is 10.3 Å². The molecule has 1 aromatic carbocycles. The highest BCUT2D eigenvalue weighted by atomic mass is 16.3. The van der Waals surface area contributed by atoms with Crippen LogP contribution in [0, 0.1) is 5.92 Å². The summed E-state index contributed by atoms with van der Waals surface area (Å²) >= 11 is 0. The third-order valence-electron chi connectivity index (χ3n) is 5.44. The summed E-state index contributed by atoms with van der Waals surface area (Å²) in [7, 11) is 0. The van der Waals surface area contributed by atoms with Gasteiger partial charge in [0.15, 0.2) is 0 Å². The van der Waals surface area contributed by atoms with Crippen molar-refractivity contribution < 1.29 is 9.90 Å². The number of carbonyl (C=O) groups excluding carboxylic acids is 1. The molecular formula is C20H26N2O3. The van der Waals surface area contributed by atoms with E-state index in [1.807, 2.05) is 31.2 Å². The number of benzene rings is 1. The van der Waals surface area contributed by atoms with Gasteiger partial charge in [-0.2, -0.15) is 0 Å². The number of aromatic nitrogens is 1. The molecule has 1 atom stereocenters. The van der Waals surface area contributed by atoms with E-state index in [4.69, 9.17) is 0 Å². The van der Waals surface area contributed by atoms with Crippen LogP contribution in [-0.2, 0) is 11.2 Å². The molecule has 1 amide bonds. The summed E-state index contributed by atoms with van der Waals surface area (Å²) in [5, 5.41) is 13.8. The zero-order chi connectivity index (χ0) is 17.9. The van der Waals surface area contributed by atoms with E-state index in [-0.39, 0.29) is 30.4 Å². The van der Waals surface area contributed by atoms with Crippen molar-refractivity contribution in [2.45, 2.75) is 51.0 Å². The fourth-order valence-corrected chi connectivity index (χ4v) is 3.87. The summed E-state index contributed by atoms with van der Waals surface area (Å²) in [4.78, 5) is 27.6. The van der Waals surface area contributed by atoms with E-state index in [2.05, 4.69) is 10.3 Å². The molecule has 25 heavy (non-hydrogen) atoms. The molecule has 134 valence electrons. The van der Waals surface area contributed by atoms with Gasteiger partial charge >= 0.3 is 0 Å². The molecule has 1 aliphatic rings. The second-order valence-electron chi connectivity index (χ2n) is 7.35. The van der Waals surface area contributed by atoms with Gasteiger partial charge in [0, 0.05) is 11.1 Å². The average Bonchev–Trinajstić information content (AvgIpc) is 2.63. The number of H-pyrrole nitrogens is 1. The summed E-state index contributed by atoms with van der Waals surface area (Å²) < 4.78 is 0. The Labute approximate surface area is 147 Å². The Morgan fingerprint density at radius 2 is 2.00 bits per heavy atom. The summed E-state index contributed by atoms with van der Waals surface area (Å²) in [5.74, 6) is 0.0630. The lowest BCUT2D eigenvalue weighted by molar-refractivity contribution is -0.123. The van der Waals surface area contributed by atoms with Crippen molar-refractivity contribution in [2.24, 2.45) is 5.92 Å². The lowest BCUT2D eigenvalue weighted by Gasteiger charge is -2.39. The first-order valence-electron chi connectivity index (χ1n) is 9.05. The highest BCUT2D eigenvalue weighted by molar-refractivity contribution is 5.83. The van der Waals surface area contributed by atoms with E-state index in [9.17, 15) is 14.7 Å². The van der Waals surface area contributed by atoms with Crippen LogP contribution < -0.4 is 10.9 Å². The number of pyridine rings is 1. The van der Waals surface area contributed by atoms with Gasteiger partial charge in [0.25, 0.3) is 5.56 Å². The van der Waals surface area contributed by atoms with Crippen LogP contribution in [0.5, 0.6) is 0 Å². The van der Waals surface area contributed by atoms with Gasteiger partial charge in [-0.05, 0) is 43.2 Å². The van der Waals surface area contributed by atoms with Crippen LogP contribution in [-0.4, -0.2) is 28.1 Å². The molecule has 3 N–H and O–H groups in total. The number of carbonyl (C=O) groups is 1. The molecule has 1 fully saturated rings. The number of hydrogen-bond acceptors (Lipinski definition) is 3. The second-order valence-corrected chi connectivity index (χ2v) is 7.35. The Kier molecular flexibility index (Phi) is 5.23. The van der Waals surface area contributed by atoms with Gasteiger partial charge in [-0.1, -0.05) is 37.5 Å². The molecule has 0 unspecified atom stereocenters. The first kappa shape index (κ1) is 17.7. The summed E-state index contributed by atoms with van der Waals surface area (Å²) in [5.41, 5.74) is 0.345. The topological polar surface area (TPSA) is 82.2 Å². The fourth-order valence-electron chi connectivity index (χ4n) is 3.87. The minimum atomic E-state index is -0.624. The molecule has 0 radical (unpaired) electrons. The maximum atomic E-state index is 12.5. The molecule has 5 nitrogen and oxygen atoms in total. The van der Waals surface area contributed by atoms with Crippen molar-refractivity contribution in [3.63, 3.8) is 0 Å². The maximum Gasteiger partial charge on any atom is 0.252 e. The number of aliphatic hydroxyl groups is 1. The molecule has 0 aliphatic heterocycles. The van der Waals surface area contributed by atoms with E-state index < -0.39 is 5.54 Å². The van der Waals surface area contributed by atoms with Gasteiger partial charge in [0.1, 0.15) is 0 Å². The summed E-state index contributed by atoms with van der Waals surface area (Å²) in [6.45, 7) is 1.82. The third kappa shape index (κ3) is 3.93. The quantitative estimate of drug-likeness (QED) is 0.781. The average molecular weight is 342 g/mol. The Morgan fingerprint density at radius 1 is 1.28 bits per heavy atom. The van der Waals surface area contributed by atoms with Crippen molar-refractivity contribution in [1.29, 1.82) is 0 Å². The molecule has 1 aromatic heterocycles. The van der Waals surface area contributed by atoms with Gasteiger partial charge in [-0.15, -0.1) is 0 Å². The van der Waals surface area contributed by atoms with Crippen LogP contribution in [0.2, 0.25) is 0 Å². The number of amides is 1. The molecule has 0 spiro atoms. The van der Waals surface area contributed by atoms with E-state index >= 15 is 0 Å². The first-order chi connectivity index (χ1) is 12.0. The SMILES string of the molecule is C[C@@](CO)(NC(=O)Cc1cc2ccccc2[nH]c1=O)C1CCCCC1. The van der Waals surface area contributed by atoms with Gasteiger partial charge < -0.3 is 15.4 Å². The standard InChI is InChI=1S/C20H26N2O3/c1-20(13-23,16-8-3-2-4-9-16)22-18(24)12-15-11-14-7-5-6-10-17(14)21-19(15)25/h5-7,10-11,16,23H,2-4,8-9,12-13H2,1H3,(H,21,25)(H,22,24)/t20-/m0/s1. The molecular weight excluding hydrogens is 316 g/mol. The monoisotopic (exact) mass is 342 g/mol. The van der Waals surface area contributed by atoms with Crippen LogP contribution in [0.15, 0.2) is 35.1 Å². The predicted molar refractivity (Wildman–Crippen MR) is 98.5 cm³/mol. The maximum absolute atomic E-state index is 12.5. The predicted octanol–water partition coefficient (Wildman–Crippen LogP) is 2.52. The van der Waals surface area contributed by atoms with E-state index in [1.54, 1.807) is 6.07 Å². The highest BCUT2D eigenvalue weighted by Crippen LogP contribution is 2.32. The smallest absolute Gasteiger partial charge is 0.252 e. The molecule has 0 bridgehead atoms. The Bertz CT molecular complexity index is 808. The first-order valence-corrected chi connectivity index (χ1v) is 9.05. The van der Waals surface area contributed by atoms with E-state index in [0.29, 0.717) is 5.56 Å².